The van der Waals surface area contributed by atoms with Gasteiger partial charge in [-0.05, 0) is 72.2 Å². The van der Waals surface area contributed by atoms with Gasteiger partial charge in [-0.15, -0.1) is 0 Å². The normalized spacial score (nSPS) is 22.5. The molecule has 0 saturated carbocycles. The number of aromatic hydroxyl groups is 2. The lowest BCUT2D eigenvalue weighted by molar-refractivity contribution is 0.366. The van der Waals surface area contributed by atoms with Crippen molar-refractivity contribution in [3.63, 3.8) is 0 Å². The van der Waals surface area contributed by atoms with Crippen LogP contribution in [-0.4, -0.2) is 35.6 Å². The number of rotatable bonds is 10. The molecule has 4 nitrogen and oxygen atoms in total. The van der Waals surface area contributed by atoms with E-state index in [2.05, 4.69) is 38.1 Å². The molecule has 178 valence electrons. The van der Waals surface area contributed by atoms with Crippen LogP contribution in [0.5, 0.6) is 11.5 Å². The molecule has 0 amide bonds. The highest BCUT2D eigenvalue weighted by Crippen LogP contribution is 2.43. The van der Waals surface area contributed by atoms with Crippen molar-refractivity contribution in [1.82, 2.24) is 0 Å². The number of ether oxygens (including phenoxy) is 2. The lowest BCUT2D eigenvalue weighted by atomic mass is 9.68. The highest BCUT2D eigenvalue weighted by Gasteiger charge is 2.36. The van der Waals surface area contributed by atoms with E-state index >= 15 is 0 Å². The first-order valence-corrected chi connectivity index (χ1v) is 12.3. The second-order valence-electron chi connectivity index (χ2n) is 10.3. The van der Waals surface area contributed by atoms with Crippen LogP contribution in [0.25, 0.3) is 0 Å². The van der Waals surface area contributed by atoms with Crippen LogP contribution in [0.3, 0.4) is 0 Å². The highest BCUT2D eigenvalue weighted by molar-refractivity contribution is 5.47. The van der Waals surface area contributed by atoms with Crippen molar-refractivity contribution in [1.29, 1.82) is 0 Å². The van der Waals surface area contributed by atoms with Gasteiger partial charge in [-0.1, -0.05) is 62.4 Å². The van der Waals surface area contributed by atoms with Crippen LogP contribution < -0.4 is 0 Å². The van der Waals surface area contributed by atoms with Gasteiger partial charge < -0.3 is 19.7 Å². The van der Waals surface area contributed by atoms with Crippen LogP contribution in [0.4, 0.5) is 0 Å². The van der Waals surface area contributed by atoms with Crippen LogP contribution >= 0.6 is 0 Å². The monoisotopic (exact) mass is 458 g/mol. The molecule has 3 aromatic rings. The summed E-state index contributed by atoms with van der Waals surface area (Å²) in [6, 6.07) is 24.3. The van der Waals surface area contributed by atoms with Gasteiger partial charge in [0.25, 0.3) is 0 Å². The fourth-order valence-corrected chi connectivity index (χ4v) is 5.14. The molecule has 0 aliphatic carbocycles. The summed E-state index contributed by atoms with van der Waals surface area (Å²) in [6.07, 6.45) is 4.68. The molecular formula is C30H34O4. The maximum atomic E-state index is 9.88. The van der Waals surface area contributed by atoms with Crippen LogP contribution in [0.2, 0.25) is 0 Å². The van der Waals surface area contributed by atoms with E-state index in [4.69, 9.17) is 9.47 Å². The van der Waals surface area contributed by atoms with Crippen molar-refractivity contribution in [3.05, 3.63) is 95.1 Å². The quantitative estimate of drug-likeness (QED) is 0.362. The standard InChI is InChI=1S/C30H34O4/c1-29(16-14-27-19-33-27,21-6-10-25(31)11-7-21)23-4-3-5-24(18-23)30(2,17-15-28-20-34-28)22-8-12-26(32)13-9-22/h3-13,18,27-28,31-32H,14-17,19-20H2,1-2H3. The molecule has 0 spiro atoms. The van der Waals surface area contributed by atoms with Crippen molar-refractivity contribution in [2.24, 2.45) is 0 Å². The van der Waals surface area contributed by atoms with Crippen LogP contribution in [0.1, 0.15) is 61.8 Å². The Morgan fingerprint density at radius 2 is 1.03 bits per heavy atom. The summed E-state index contributed by atoms with van der Waals surface area (Å²) in [6.45, 7) is 6.31. The number of hydrogen-bond donors (Lipinski definition) is 2. The van der Waals surface area contributed by atoms with Gasteiger partial charge in [0.15, 0.2) is 0 Å². The maximum Gasteiger partial charge on any atom is 0.115 e. The first kappa shape index (κ1) is 22.9. The zero-order chi connectivity index (χ0) is 23.8. The van der Waals surface area contributed by atoms with Gasteiger partial charge in [0.2, 0.25) is 0 Å². The molecule has 3 aromatic carbocycles. The molecule has 2 aliphatic rings. The molecule has 2 saturated heterocycles. The fraction of sp³-hybridized carbons (Fsp3) is 0.400. The van der Waals surface area contributed by atoms with Gasteiger partial charge >= 0.3 is 0 Å². The molecule has 2 N–H and O–H groups in total. The second-order valence-corrected chi connectivity index (χ2v) is 10.3. The smallest absolute Gasteiger partial charge is 0.115 e. The molecule has 0 radical (unpaired) electrons. The maximum absolute atomic E-state index is 9.88. The largest absolute Gasteiger partial charge is 0.508 e. The van der Waals surface area contributed by atoms with Crippen LogP contribution in [-0.2, 0) is 20.3 Å². The van der Waals surface area contributed by atoms with Gasteiger partial charge in [0, 0.05) is 10.8 Å². The lowest BCUT2D eigenvalue weighted by Gasteiger charge is -2.35. The van der Waals surface area contributed by atoms with E-state index in [9.17, 15) is 10.2 Å². The molecule has 0 aromatic heterocycles. The van der Waals surface area contributed by atoms with E-state index < -0.39 is 0 Å². The number of epoxide rings is 2. The number of hydrogen-bond acceptors (Lipinski definition) is 4. The van der Waals surface area contributed by atoms with Gasteiger partial charge in [0.05, 0.1) is 25.4 Å². The van der Waals surface area contributed by atoms with Crippen molar-refractivity contribution in [2.75, 3.05) is 13.2 Å². The number of phenolic OH excluding ortho intramolecular Hbond substituents is 2. The molecule has 2 aliphatic heterocycles. The number of benzene rings is 3. The van der Waals surface area contributed by atoms with E-state index in [0.29, 0.717) is 12.2 Å². The minimum Gasteiger partial charge on any atom is -0.508 e. The van der Waals surface area contributed by atoms with Gasteiger partial charge in [-0.3, -0.25) is 0 Å². The zero-order valence-corrected chi connectivity index (χ0v) is 20.0. The minimum absolute atomic E-state index is 0.203. The Labute approximate surface area is 202 Å². The third kappa shape index (κ3) is 4.84. The van der Waals surface area contributed by atoms with E-state index in [-0.39, 0.29) is 22.3 Å². The first-order chi connectivity index (χ1) is 16.4. The molecule has 5 rings (SSSR count). The van der Waals surface area contributed by atoms with Gasteiger partial charge in [-0.25, -0.2) is 0 Å². The fourth-order valence-electron chi connectivity index (χ4n) is 5.14. The molecule has 4 heteroatoms. The summed E-state index contributed by atoms with van der Waals surface area (Å²) in [7, 11) is 0. The minimum atomic E-state index is -0.203. The molecule has 2 heterocycles. The van der Waals surface area contributed by atoms with Crippen molar-refractivity contribution >= 4 is 0 Å². The zero-order valence-electron chi connectivity index (χ0n) is 20.0. The summed E-state index contributed by atoms with van der Waals surface area (Å²) in [5.41, 5.74) is 4.52. The molecule has 0 bridgehead atoms. The van der Waals surface area contributed by atoms with E-state index in [1.807, 2.05) is 24.3 Å². The summed E-state index contributed by atoms with van der Waals surface area (Å²) < 4.78 is 11.1. The SMILES string of the molecule is CC(CCC1CO1)(c1ccc(O)cc1)c1cccc(C(C)(CCC2CO2)c2ccc(O)cc2)c1. The van der Waals surface area contributed by atoms with Crippen molar-refractivity contribution < 1.29 is 19.7 Å². The topological polar surface area (TPSA) is 65.5 Å². The molecule has 2 fully saturated rings. The van der Waals surface area contributed by atoms with Gasteiger partial charge in [0.1, 0.15) is 11.5 Å². The summed E-state index contributed by atoms with van der Waals surface area (Å²) in [5.74, 6) is 0.570. The Morgan fingerprint density at radius 1 is 0.647 bits per heavy atom. The third-order valence-electron chi connectivity index (χ3n) is 7.88. The van der Waals surface area contributed by atoms with E-state index in [1.165, 1.54) is 22.3 Å². The van der Waals surface area contributed by atoms with Gasteiger partial charge in [-0.2, -0.15) is 0 Å². The molecular weight excluding hydrogens is 424 g/mol. The first-order valence-electron chi connectivity index (χ1n) is 12.3. The Hall–Kier alpha value is -2.82. The predicted molar refractivity (Wildman–Crippen MR) is 134 cm³/mol. The van der Waals surface area contributed by atoms with E-state index in [1.54, 1.807) is 24.3 Å². The van der Waals surface area contributed by atoms with Crippen molar-refractivity contribution in [2.45, 2.75) is 62.6 Å². The Kier molecular flexibility index (Phi) is 6.13. The van der Waals surface area contributed by atoms with Crippen molar-refractivity contribution in [3.8, 4) is 11.5 Å². The van der Waals surface area contributed by atoms with Crippen LogP contribution in [0.15, 0.2) is 72.8 Å². The summed E-state index contributed by atoms with van der Waals surface area (Å²) in [5, 5.41) is 19.8. The summed E-state index contributed by atoms with van der Waals surface area (Å²) in [4.78, 5) is 0. The molecule has 4 unspecified atom stereocenters. The summed E-state index contributed by atoms with van der Waals surface area (Å²) >= 11 is 0. The third-order valence-corrected chi connectivity index (χ3v) is 7.88. The van der Waals surface area contributed by atoms with E-state index in [0.717, 1.165) is 38.9 Å². The average molecular weight is 459 g/mol. The molecule has 4 atom stereocenters. The Balaban J connectivity index is 1.55. The molecule has 34 heavy (non-hydrogen) atoms. The highest BCUT2D eigenvalue weighted by atomic mass is 16.6. The second kappa shape index (κ2) is 9.09. The average Bonchev–Trinajstić information content (AvgIpc) is 3.77. The predicted octanol–water partition coefficient (Wildman–Crippen LogP) is 6.07. The van der Waals surface area contributed by atoms with Crippen LogP contribution in [0, 0.1) is 0 Å². The lowest BCUT2D eigenvalue weighted by Crippen LogP contribution is -2.28. The Morgan fingerprint density at radius 3 is 1.38 bits per heavy atom. The number of phenols is 2. The Bertz CT molecular complexity index is 1030.